The maximum Gasteiger partial charge on any atom is 0.338 e. The number of nitrogens with one attached hydrogen (secondary N) is 1. The number of ether oxygens (including phenoxy) is 1. The third kappa shape index (κ3) is 6.01. The fraction of sp³-hybridized carbons (Fsp3) is 0.517. The molecule has 2 aromatic carbocycles. The summed E-state index contributed by atoms with van der Waals surface area (Å²) in [4.78, 5) is 27.8. The van der Waals surface area contributed by atoms with Gasteiger partial charge in [0.05, 0.1) is 12.7 Å². The van der Waals surface area contributed by atoms with Crippen molar-refractivity contribution in [1.29, 1.82) is 0 Å². The molecule has 0 aromatic heterocycles. The molecule has 1 aliphatic heterocycles. The molecule has 0 aliphatic carbocycles. The van der Waals surface area contributed by atoms with Crippen LogP contribution < -0.4 is 10.2 Å². The monoisotopic (exact) mass is 510 g/mol. The fourth-order valence-corrected chi connectivity index (χ4v) is 5.85. The Hall–Kier alpha value is -2.64. The number of piperidine rings is 1. The highest BCUT2D eigenvalue weighted by atomic mass is 28.4. The van der Waals surface area contributed by atoms with Crippen LogP contribution in [0.1, 0.15) is 71.0 Å². The van der Waals surface area contributed by atoms with Crippen molar-refractivity contribution in [2.45, 2.75) is 78.6 Å². The Balaban J connectivity index is 1.75. The molecule has 3 rings (SSSR count). The minimum absolute atomic E-state index is 0.182. The zero-order valence-corrected chi connectivity index (χ0v) is 24.4. The lowest BCUT2D eigenvalue weighted by molar-refractivity contribution is 0.0599. The lowest BCUT2D eigenvalue weighted by atomic mass is 10.0. The van der Waals surface area contributed by atoms with Gasteiger partial charge in [-0.1, -0.05) is 32.9 Å². The highest BCUT2D eigenvalue weighted by Crippen LogP contribution is 2.38. The molecule has 1 N–H and O–H groups in total. The number of anilines is 2. The second-order valence-electron chi connectivity index (χ2n) is 11.4. The van der Waals surface area contributed by atoms with Crippen molar-refractivity contribution in [3.05, 3.63) is 58.1 Å². The van der Waals surface area contributed by atoms with Crippen LogP contribution in [0.5, 0.6) is 0 Å². The van der Waals surface area contributed by atoms with Crippen molar-refractivity contribution in [2.24, 2.45) is 0 Å². The molecule has 0 saturated carbocycles. The molecular formula is C29H42N2O4Si. The molecule has 0 radical (unpaired) electrons. The molecule has 0 atom stereocenters. The van der Waals surface area contributed by atoms with Crippen molar-refractivity contribution in [2.75, 3.05) is 30.4 Å². The number of esters is 1. The van der Waals surface area contributed by atoms with Crippen molar-refractivity contribution >= 4 is 31.6 Å². The van der Waals surface area contributed by atoms with Gasteiger partial charge in [-0.25, -0.2) is 4.79 Å². The summed E-state index contributed by atoms with van der Waals surface area (Å²) in [6.45, 7) is 19.0. The summed E-state index contributed by atoms with van der Waals surface area (Å²) in [5.41, 5.74) is 5.29. The number of carbonyl (C=O) groups is 2. The third-order valence-corrected chi connectivity index (χ3v) is 12.4. The highest BCUT2D eigenvalue weighted by molar-refractivity contribution is 6.74. The topological polar surface area (TPSA) is 67.9 Å². The van der Waals surface area contributed by atoms with E-state index >= 15 is 0 Å². The average Bonchev–Trinajstić information content (AvgIpc) is 2.81. The summed E-state index contributed by atoms with van der Waals surface area (Å²) in [6, 6.07) is 9.64. The molecule has 1 amide bonds. The number of aryl methyl sites for hydroxylation is 2. The molecule has 2 aromatic rings. The quantitative estimate of drug-likeness (QED) is 0.348. The van der Waals surface area contributed by atoms with Crippen LogP contribution in [0, 0.1) is 20.8 Å². The van der Waals surface area contributed by atoms with E-state index in [-0.39, 0.29) is 10.9 Å². The smallest absolute Gasteiger partial charge is 0.338 e. The van der Waals surface area contributed by atoms with Crippen molar-refractivity contribution in [1.82, 2.24) is 0 Å². The maximum atomic E-state index is 13.4. The predicted octanol–water partition coefficient (Wildman–Crippen LogP) is 6.64. The summed E-state index contributed by atoms with van der Waals surface area (Å²) < 4.78 is 11.5. The second kappa shape index (κ2) is 10.8. The van der Waals surface area contributed by atoms with Crippen LogP contribution in [0.2, 0.25) is 18.1 Å². The molecule has 1 saturated heterocycles. The first-order valence-electron chi connectivity index (χ1n) is 12.8. The molecule has 0 bridgehead atoms. The van der Waals surface area contributed by atoms with Gasteiger partial charge in [0, 0.05) is 36.1 Å². The second-order valence-corrected chi connectivity index (χ2v) is 16.2. The fourth-order valence-electron chi connectivity index (χ4n) is 4.43. The zero-order chi connectivity index (χ0) is 26.8. The normalized spacial score (nSPS) is 15.1. The van der Waals surface area contributed by atoms with Gasteiger partial charge in [-0.2, -0.15) is 0 Å². The number of hydrogen-bond acceptors (Lipinski definition) is 5. The Labute approximate surface area is 217 Å². The van der Waals surface area contributed by atoms with Crippen molar-refractivity contribution in [3.63, 3.8) is 0 Å². The summed E-state index contributed by atoms with van der Waals surface area (Å²) in [5, 5.41) is 3.26. The van der Waals surface area contributed by atoms with E-state index in [0.29, 0.717) is 28.5 Å². The van der Waals surface area contributed by atoms with Crippen LogP contribution >= 0.6 is 0 Å². The molecule has 196 valence electrons. The SMILES string of the molecule is COC(=O)c1ccc(C)c(NC(=O)c2cc(N3CCC(O[Si](C)(C)C(C)(C)C)CC3)ccc2C)c1C. The number of benzene rings is 2. The third-order valence-electron chi connectivity index (χ3n) is 7.86. The van der Waals surface area contributed by atoms with Crippen LogP contribution in [0.15, 0.2) is 30.3 Å². The van der Waals surface area contributed by atoms with E-state index in [4.69, 9.17) is 9.16 Å². The van der Waals surface area contributed by atoms with Gasteiger partial charge in [-0.15, -0.1) is 0 Å². The molecule has 7 heteroatoms. The molecule has 1 fully saturated rings. The molecule has 36 heavy (non-hydrogen) atoms. The summed E-state index contributed by atoms with van der Waals surface area (Å²) in [6.07, 6.45) is 2.27. The Morgan fingerprint density at radius 3 is 2.17 bits per heavy atom. The molecule has 0 spiro atoms. The van der Waals surface area contributed by atoms with Crippen LogP contribution in [-0.4, -0.2) is 46.5 Å². The number of nitrogens with zero attached hydrogens (tertiary/aromatic N) is 1. The van der Waals surface area contributed by atoms with E-state index < -0.39 is 14.3 Å². The van der Waals surface area contributed by atoms with E-state index in [2.05, 4.69) is 50.1 Å². The maximum absolute atomic E-state index is 13.4. The first kappa shape index (κ1) is 27.9. The number of hydrogen-bond donors (Lipinski definition) is 1. The number of carbonyl (C=O) groups excluding carboxylic acids is 2. The minimum Gasteiger partial charge on any atom is -0.465 e. The van der Waals surface area contributed by atoms with Crippen molar-refractivity contribution < 1.29 is 18.8 Å². The summed E-state index contributed by atoms with van der Waals surface area (Å²) in [5.74, 6) is -0.596. The van der Waals surface area contributed by atoms with Crippen LogP contribution in [0.25, 0.3) is 0 Å². The minimum atomic E-state index is -1.79. The molecule has 1 heterocycles. The lowest BCUT2D eigenvalue weighted by Gasteiger charge is -2.42. The number of rotatable bonds is 6. The average molecular weight is 511 g/mol. The largest absolute Gasteiger partial charge is 0.465 e. The summed E-state index contributed by atoms with van der Waals surface area (Å²) >= 11 is 0. The predicted molar refractivity (Wildman–Crippen MR) is 150 cm³/mol. The van der Waals surface area contributed by atoms with E-state index in [1.807, 2.05) is 39.0 Å². The molecule has 0 unspecified atom stereocenters. The molecular weight excluding hydrogens is 468 g/mol. The molecule has 6 nitrogen and oxygen atoms in total. The van der Waals surface area contributed by atoms with E-state index in [0.717, 1.165) is 42.7 Å². The van der Waals surface area contributed by atoms with Gasteiger partial charge in [0.25, 0.3) is 5.91 Å². The van der Waals surface area contributed by atoms with Crippen LogP contribution in [0.4, 0.5) is 11.4 Å². The number of amides is 1. The van der Waals surface area contributed by atoms with Crippen LogP contribution in [0.3, 0.4) is 0 Å². The standard InChI is InChI=1S/C29H42N2O4Si/c1-19-10-12-22(31-16-14-23(15-17-31)35-36(8,9)29(4,5)6)18-25(19)27(32)30-26-20(2)11-13-24(21(26)3)28(33)34-7/h10-13,18,23H,14-17H2,1-9H3,(H,30,32). The Bertz CT molecular complexity index is 1130. The van der Waals surface area contributed by atoms with Gasteiger partial charge in [-0.05, 0) is 86.6 Å². The lowest BCUT2D eigenvalue weighted by Crippen LogP contribution is -2.47. The van der Waals surface area contributed by atoms with E-state index in [9.17, 15) is 9.59 Å². The first-order valence-corrected chi connectivity index (χ1v) is 15.7. The summed E-state index contributed by atoms with van der Waals surface area (Å²) in [7, 11) is -0.427. The van der Waals surface area contributed by atoms with Gasteiger partial charge in [0.15, 0.2) is 8.32 Å². The van der Waals surface area contributed by atoms with Gasteiger partial charge >= 0.3 is 5.97 Å². The van der Waals surface area contributed by atoms with Crippen molar-refractivity contribution in [3.8, 4) is 0 Å². The Morgan fingerprint density at radius 2 is 1.58 bits per heavy atom. The highest BCUT2D eigenvalue weighted by Gasteiger charge is 2.39. The molecule has 1 aliphatic rings. The number of methoxy groups -OCH3 is 1. The van der Waals surface area contributed by atoms with Gasteiger partial charge in [-0.3, -0.25) is 4.79 Å². The van der Waals surface area contributed by atoms with E-state index in [1.165, 1.54) is 7.11 Å². The van der Waals surface area contributed by atoms with E-state index in [1.54, 1.807) is 6.07 Å². The first-order chi connectivity index (χ1) is 16.7. The Morgan fingerprint density at radius 1 is 0.972 bits per heavy atom. The zero-order valence-electron chi connectivity index (χ0n) is 23.4. The van der Waals surface area contributed by atoms with Gasteiger partial charge < -0.3 is 19.4 Å². The van der Waals surface area contributed by atoms with Crippen LogP contribution in [-0.2, 0) is 9.16 Å². The van der Waals surface area contributed by atoms with Gasteiger partial charge in [0.2, 0.25) is 0 Å². The Kier molecular flexibility index (Phi) is 8.36. The van der Waals surface area contributed by atoms with Gasteiger partial charge in [0.1, 0.15) is 0 Å².